The van der Waals surface area contributed by atoms with Gasteiger partial charge in [0.05, 0.1) is 44.4 Å². The van der Waals surface area contributed by atoms with Gasteiger partial charge in [-0.2, -0.15) is 0 Å². The fourth-order valence-electron chi connectivity index (χ4n) is 3.42. The number of carbonyl (C=O) groups is 4. The van der Waals surface area contributed by atoms with Crippen LogP contribution in [0.15, 0.2) is 70.1 Å². The monoisotopic (exact) mass is 583 g/mol. The molecule has 1 N–H and O–H groups in total. The molecule has 0 unspecified atom stereocenters. The second-order valence-corrected chi connectivity index (χ2v) is 9.06. The molecule has 40 heavy (non-hydrogen) atoms. The van der Waals surface area contributed by atoms with Crippen molar-refractivity contribution in [1.29, 1.82) is 0 Å². The molecule has 2 aromatic carbocycles. The van der Waals surface area contributed by atoms with E-state index in [-0.39, 0.29) is 36.6 Å². The van der Waals surface area contributed by atoms with Crippen LogP contribution in [-0.2, 0) is 28.8 Å². The van der Waals surface area contributed by atoms with Gasteiger partial charge in [0.15, 0.2) is 0 Å². The predicted octanol–water partition coefficient (Wildman–Crippen LogP) is 3.30. The Bertz CT molecular complexity index is 1560. The van der Waals surface area contributed by atoms with Gasteiger partial charge in [-0.15, -0.1) is 0 Å². The van der Waals surface area contributed by atoms with E-state index in [9.17, 15) is 19.2 Å². The standard InChI is InChI=1S/C27H22ClN3O8S/c1-36-19-5-3-18(4-6-19)29-26-20(15-16-14-17(28)2-7-21(16)38-26)27(40)30-22(32)10-12-37-13-11-25(35)39-31-23(33)8-9-24(31)34/h2-9,14-15H,10-13H2,1H3,(H,30,32,40). The first-order valence-corrected chi connectivity index (χ1v) is 12.6. The molecule has 3 aromatic rings. The zero-order valence-electron chi connectivity index (χ0n) is 21.0. The van der Waals surface area contributed by atoms with E-state index in [1.807, 2.05) is 0 Å². The lowest BCUT2D eigenvalue weighted by atomic mass is 10.2. The summed E-state index contributed by atoms with van der Waals surface area (Å²) in [5.41, 5.74) is 1.66. The molecule has 0 atom stereocenters. The molecule has 206 valence electrons. The number of benzene rings is 2. The molecule has 0 saturated carbocycles. The molecule has 4 rings (SSSR count). The maximum atomic E-state index is 12.5. The lowest BCUT2D eigenvalue weighted by molar-refractivity contribution is -0.196. The van der Waals surface area contributed by atoms with Crippen molar-refractivity contribution in [3.63, 3.8) is 0 Å². The molecule has 3 amide bonds. The van der Waals surface area contributed by atoms with Crippen LogP contribution in [0.25, 0.3) is 11.0 Å². The normalized spacial score (nSPS) is 13.2. The number of fused-ring (bicyclic) bond motifs is 1. The summed E-state index contributed by atoms with van der Waals surface area (Å²) in [4.78, 5) is 56.5. The molecule has 1 aliphatic heterocycles. The maximum Gasteiger partial charge on any atom is 0.335 e. The van der Waals surface area contributed by atoms with E-state index in [2.05, 4.69) is 10.3 Å². The molecule has 0 aliphatic carbocycles. The lowest BCUT2D eigenvalue weighted by Gasteiger charge is -2.12. The van der Waals surface area contributed by atoms with Crippen LogP contribution in [0.4, 0.5) is 5.69 Å². The van der Waals surface area contributed by atoms with Gasteiger partial charge in [0.25, 0.3) is 11.8 Å². The molecule has 0 fully saturated rings. The molecule has 0 bridgehead atoms. The van der Waals surface area contributed by atoms with Crippen LogP contribution in [0.1, 0.15) is 18.4 Å². The lowest BCUT2D eigenvalue weighted by Crippen LogP contribution is -2.34. The Balaban J connectivity index is 1.36. The van der Waals surface area contributed by atoms with Crippen molar-refractivity contribution >= 4 is 69.2 Å². The van der Waals surface area contributed by atoms with Gasteiger partial charge in [0.2, 0.25) is 11.5 Å². The topological polar surface area (TPSA) is 137 Å². The van der Waals surface area contributed by atoms with Crippen molar-refractivity contribution in [3.8, 4) is 5.75 Å². The van der Waals surface area contributed by atoms with E-state index in [1.54, 1.807) is 55.6 Å². The average Bonchev–Trinajstić information content (AvgIpc) is 3.25. The number of imide groups is 1. The average molecular weight is 584 g/mol. The molecule has 0 saturated heterocycles. The van der Waals surface area contributed by atoms with Crippen molar-refractivity contribution in [2.75, 3.05) is 20.3 Å². The van der Waals surface area contributed by atoms with Gasteiger partial charge in [-0.1, -0.05) is 28.9 Å². The first-order chi connectivity index (χ1) is 19.2. The highest BCUT2D eigenvalue weighted by molar-refractivity contribution is 7.80. The smallest absolute Gasteiger partial charge is 0.335 e. The molecule has 1 aliphatic rings. The number of rotatable bonds is 10. The Morgan fingerprint density at radius 2 is 1.73 bits per heavy atom. The van der Waals surface area contributed by atoms with Crippen LogP contribution in [0, 0.1) is 0 Å². The number of thiocarbonyl (C=S) groups is 1. The third-order valence-corrected chi connectivity index (χ3v) is 5.95. The number of methoxy groups -OCH3 is 1. The summed E-state index contributed by atoms with van der Waals surface area (Å²) in [6.07, 6.45) is 1.69. The summed E-state index contributed by atoms with van der Waals surface area (Å²) in [5, 5.41) is 4.16. The molecule has 13 heteroatoms. The number of hydroxylamine groups is 2. The number of nitrogens with zero attached hydrogens (tertiary/aromatic N) is 2. The zero-order valence-corrected chi connectivity index (χ0v) is 22.6. The highest BCUT2D eigenvalue weighted by Crippen LogP contribution is 2.21. The highest BCUT2D eigenvalue weighted by atomic mass is 35.5. The Kier molecular flexibility index (Phi) is 9.38. The first kappa shape index (κ1) is 28.6. The number of halogens is 1. The van der Waals surface area contributed by atoms with Gasteiger partial charge >= 0.3 is 5.97 Å². The summed E-state index contributed by atoms with van der Waals surface area (Å²) < 4.78 is 16.5. The first-order valence-electron chi connectivity index (χ1n) is 11.8. The van der Waals surface area contributed by atoms with Crippen LogP contribution in [0.2, 0.25) is 5.02 Å². The Morgan fingerprint density at radius 1 is 1.02 bits per heavy atom. The summed E-state index contributed by atoms with van der Waals surface area (Å²) in [7, 11) is 1.56. The van der Waals surface area contributed by atoms with E-state index in [0.717, 1.165) is 12.2 Å². The van der Waals surface area contributed by atoms with Gasteiger partial charge in [-0.3, -0.25) is 14.4 Å². The summed E-state index contributed by atoms with van der Waals surface area (Å²) in [6, 6.07) is 13.8. The zero-order chi connectivity index (χ0) is 28.6. The predicted molar refractivity (Wildman–Crippen MR) is 146 cm³/mol. The number of amides is 3. The van der Waals surface area contributed by atoms with Crippen molar-refractivity contribution < 1.29 is 37.9 Å². The molecule has 0 radical (unpaired) electrons. The quantitative estimate of drug-likeness (QED) is 0.216. The van der Waals surface area contributed by atoms with Crippen LogP contribution in [0.5, 0.6) is 5.75 Å². The third-order valence-electron chi connectivity index (χ3n) is 5.40. The third kappa shape index (κ3) is 7.38. The molecule has 1 aromatic heterocycles. The second-order valence-electron chi connectivity index (χ2n) is 8.21. The fourth-order valence-corrected chi connectivity index (χ4v) is 3.86. The van der Waals surface area contributed by atoms with Gasteiger partial charge < -0.3 is 24.0 Å². The number of hydrogen-bond acceptors (Lipinski definition) is 10. The Morgan fingerprint density at radius 3 is 2.42 bits per heavy atom. The van der Waals surface area contributed by atoms with E-state index < -0.39 is 23.7 Å². The minimum atomic E-state index is -0.829. The molecule has 11 nitrogen and oxygen atoms in total. The minimum absolute atomic E-state index is 0.0222. The van der Waals surface area contributed by atoms with Crippen LogP contribution < -0.4 is 15.6 Å². The van der Waals surface area contributed by atoms with Crippen molar-refractivity contribution in [1.82, 2.24) is 10.4 Å². The fraction of sp³-hybridized carbons (Fsp3) is 0.185. The molecular formula is C27H22ClN3O8S. The van der Waals surface area contributed by atoms with E-state index >= 15 is 0 Å². The van der Waals surface area contributed by atoms with Crippen LogP contribution in [-0.4, -0.2) is 54.1 Å². The van der Waals surface area contributed by atoms with Gasteiger partial charge in [0.1, 0.15) is 16.3 Å². The summed E-state index contributed by atoms with van der Waals surface area (Å²) >= 11 is 11.6. The molecule has 2 heterocycles. The van der Waals surface area contributed by atoms with Gasteiger partial charge in [-0.05, 0) is 48.5 Å². The van der Waals surface area contributed by atoms with Crippen LogP contribution >= 0.6 is 23.8 Å². The Hall–Kier alpha value is -4.39. The Labute approximate surface area is 237 Å². The van der Waals surface area contributed by atoms with Crippen molar-refractivity contribution in [2.45, 2.75) is 12.8 Å². The SMILES string of the molecule is COc1ccc(N=c2oc3ccc(Cl)cc3cc2C(=S)NC(=O)CCOCCC(=O)ON2C(=O)C=CC2=O)cc1. The van der Waals surface area contributed by atoms with Crippen molar-refractivity contribution in [3.05, 3.63) is 76.8 Å². The minimum Gasteiger partial charge on any atom is -0.497 e. The van der Waals surface area contributed by atoms with Crippen LogP contribution in [0.3, 0.4) is 0 Å². The van der Waals surface area contributed by atoms with Gasteiger partial charge in [0, 0.05) is 22.6 Å². The van der Waals surface area contributed by atoms with Crippen molar-refractivity contribution in [2.24, 2.45) is 4.99 Å². The summed E-state index contributed by atoms with van der Waals surface area (Å²) in [6.45, 7) is -0.110. The number of carbonyl (C=O) groups excluding carboxylic acids is 4. The van der Waals surface area contributed by atoms with E-state index in [1.165, 1.54) is 0 Å². The van der Waals surface area contributed by atoms with Gasteiger partial charge in [-0.25, -0.2) is 9.79 Å². The number of nitrogens with one attached hydrogen (secondary N) is 1. The number of hydrogen-bond donors (Lipinski definition) is 1. The second kappa shape index (κ2) is 13.1. The molecule has 0 spiro atoms. The molecular weight excluding hydrogens is 562 g/mol. The highest BCUT2D eigenvalue weighted by Gasteiger charge is 2.27. The maximum absolute atomic E-state index is 12.5. The number of ether oxygens (including phenoxy) is 2. The van der Waals surface area contributed by atoms with E-state index in [0.29, 0.717) is 38.1 Å². The largest absolute Gasteiger partial charge is 0.497 e. The summed E-state index contributed by atoms with van der Waals surface area (Å²) in [5.74, 6) is -2.08. The van der Waals surface area contributed by atoms with E-state index in [4.69, 9.17) is 42.5 Å².